The second kappa shape index (κ2) is 8.05. The minimum absolute atomic E-state index is 0. The number of hydrogen-bond acceptors (Lipinski definition) is 2. The van der Waals surface area contributed by atoms with Crippen molar-refractivity contribution < 1.29 is 8.78 Å². The molecule has 23 heavy (non-hydrogen) atoms. The molecule has 1 aliphatic carbocycles. The third kappa shape index (κ3) is 4.41. The number of hydrogen-bond donors (Lipinski definition) is 2. The fraction of sp³-hybridized carbons (Fsp3) is 0.312. The number of benzene rings is 1. The summed E-state index contributed by atoms with van der Waals surface area (Å²) in [5.74, 6) is -0.442. The van der Waals surface area contributed by atoms with Gasteiger partial charge in [-0.15, -0.1) is 24.0 Å². The van der Waals surface area contributed by atoms with Crippen molar-refractivity contribution in [1.82, 2.24) is 10.6 Å². The lowest BCUT2D eigenvalue weighted by molar-refractivity contribution is 0.553. The molecule has 1 aromatic heterocycles. The summed E-state index contributed by atoms with van der Waals surface area (Å²) >= 11 is 1.64. The maximum absolute atomic E-state index is 13.8. The van der Waals surface area contributed by atoms with Crippen LogP contribution in [-0.2, 0) is 6.54 Å². The van der Waals surface area contributed by atoms with Crippen LogP contribution in [0.15, 0.2) is 40.0 Å². The van der Waals surface area contributed by atoms with E-state index in [-0.39, 0.29) is 41.5 Å². The lowest BCUT2D eigenvalue weighted by atomic mass is 10.1. The molecular weight excluding hydrogens is 431 g/mol. The average Bonchev–Trinajstić information content (AvgIpc) is 3.04. The van der Waals surface area contributed by atoms with E-state index >= 15 is 0 Å². The van der Waals surface area contributed by atoms with Crippen LogP contribution < -0.4 is 10.6 Å². The van der Waals surface area contributed by atoms with E-state index < -0.39 is 11.6 Å². The second-order valence-electron chi connectivity index (χ2n) is 5.29. The molecule has 0 spiro atoms. The molecule has 3 rings (SSSR count). The molecule has 3 nitrogen and oxygen atoms in total. The molecule has 0 aliphatic heterocycles. The van der Waals surface area contributed by atoms with Gasteiger partial charge in [0.15, 0.2) is 5.96 Å². The summed E-state index contributed by atoms with van der Waals surface area (Å²) in [6, 6.07) is 6.05. The highest BCUT2D eigenvalue weighted by Gasteiger charge is 2.42. The van der Waals surface area contributed by atoms with E-state index in [9.17, 15) is 8.78 Å². The molecule has 0 saturated heterocycles. The second-order valence-corrected chi connectivity index (χ2v) is 6.07. The van der Waals surface area contributed by atoms with E-state index in [0.29, 0.717) is 18.9 Å². The van der Waals surface area contributed by atoms with Crippen LogP contribution in [0.25, 0.3) is 0 Å². The topological polar surface area (TPSA) is 36.4 Å². The standard InChI is InChI=1S/C16H17F2N3S.HI/c1-19-16(20-8-10-5-6-22-9-10)21-14-7-11(14)15-12(17)3-2-4-13(15)18;/h2-6,9,11,14H,7-8H2,1H3,(H2,19,20,21);1H. The number of rotatable bonds is 4. The molecule has 1 heterocycles. The number of aliphatic imine (C=N–C) groups is 1. The van der Waals surface area contributed by atoms with Gasteiger partial charge in [-0.2, -0.15) is 11.3 Å². The lowest BCUT2D eigenvalue weighted by Crippen LogP contribution is -2.38. The van der Waals surface area contributed by atoms with E-state index in [1.54, 1.807) is 18.4 Å². The minimum Gasteiger partial charge on any atom is -0.353 e. The number of nitrogens with zero attached hydrogens (tertiary/aromatic N) is 1. The summed E-state index contributed by atoms with van der Waals surface area (Å²) in [5.41, 5.74) is 1.36. The molecule has 0 amide bonds. The van der Waals surface area contributed by atoms with Gasteiger partial charge in [-0.1, -0.05) is 6.07 Å². The zero-order valence-corrected chi connectivity index (χ0v) is 15.7. The SMILES string of the molecule is CN=C(NCc1ccsc1)NC1CC1c1c(F)cccc1F.I. The normalized spacial score (nSPS) is 19.9. The monoisotopic (exact) mass is 449 g/mol. The fourth-order valence-corrected chi connectivity index (χ4v) is 3.16. The summed E-state index contributed by atoms with van der Waals surface area (Å²) in [6.07, 6.45) is 0.705. The van der Waals surface area contributed by atoms with Crippen LogP contribution in [0.1, 0.15) is 23.5 Å². The van der Waals surface area contributed by atoms with Gasteiger partial charge in [0.05, 0.1) is 0 Å². The fourth-order valence-electron chi connectivity index (χ4n) is 2.49. The summed E-state index contributed by atoms with van der Waals surface area (Å²) in [4.78, 5) is 4.15. The van der Waals surface area contributed by atoms with Crippen molar-refractivity contribution in [3.63, 3.8) is 0 Å². The van der Waals surface area contributed by atoms with Gasteiger partial charge in [0.2, 0.25) is 0 Å². The van der Waals surface area contributed by atoms with Crippen LogP contribution in [0, 0.1) is 11.6 Å². The van der Waals surface area contributed by atoms with Crippen molar-refractivity contribution >= 4 is 41.3 Å². The van der Waals surface area contributed by atoms with Crippen LogP contribution >= 0.6 is 35.3 Å². The van der Waals surface area contributed by atoms with Crippen LogP contribution in [0.3, 0.4) is 0 Å². The molecule has 2 N–H and O–H groups in total. The van der Waals surface area contributed by atoms with E-state index in [2.05, 4.69) is 21.0 Å². The summed E-state index contributed by atoms with van der Waals surface area (Å²) < 4.78 is 27.5. The Hall–Kier alpha value is -1.22. The first-order chi connectivity index (χ1) is 10.7. The van der Waals surface area contributed by atoms with Gasteiger partial charge in [-0.3, -0.25) is 4.99 Å². The maximum atomic E-state index is 13.8. The highest BCUT2D eigenvalue weighted by Crippen LogP contribution is 2.42. The van der Waals surface area contributed by atoms with Gasteiger partial charge in [-0.05, 0) is 40.9 Å². The quantitative estimate of drug-likeness (QED) is 0.423. The zero-order chi connectivity index (χ0) is 15.5. The van der Waals surface area contributed by atoms with Gasteiger partial charge in [-0.25, -0.2) is 8.78 Å². The van der Waals surface area contributed by atoms with Gasteiger partial charge >= 0.3 is 0 Å². The van der Waals surface area contributed by atoms with E-state index in [1.165, 1.54) is 23.8 Å². The maximum Gasteiger partial charge on any atom is 0.191 e. The van der Waals surface area contributed by atoms with Gasteiger partial charge in [0, 0.05) is 31.1 Å². The smallest absolute Gasteiger partial charge is 0.191 e. The molecule has 7 heteroatoms. The number of halogens is 3. The first-order valence-electron chi connectivity index (χ1n) is 7.11. The molecule has 1 aromatic carbocycles. The van der Waals surface area contributed by atoms with Crippen molar-refractivity contribution in [3.05, 3.63) is 57.8 Å². The molecular formula is C16H18F2IN3S. The number of thiophene rings is 1. The van der Waals surface area contributed by atoms with Crippen LogP contribution in [0.2, 0.25) is 0 Å². The average molecular weight is 449 g/mol. The molecule has 0 radical (unpaired) electrons. The van der Waals surface area contributed by atoms with Gasteiger partial charge in [0.1, 0.15) is 11.6 Å². The van der Waals surface area contributed by atoms with E-state index in [4.69, 9.17) is 0 Å². The summed E-state index contributed by atoms with van der Waals surface area (Å²) in [5, 5.41) is 10.5. The molecule has 124 valence electrons. The van der Waals surface area contributed by atoms with Gasteiger partial charge < -0.3 is 10.6 Å². The Balaban J connectivity index is 0.00000192. The number of guanidine groups is 1. The van der Waals surface area contributed by atoms with Crippen molar-refractivity contribution in [3.8, 4) is 0 Å². The molecule has 1 fully saturated rings. The Morgan fingerprint density at radius 3 is 2.65 bits per heavy atom. The first-order valence-corrected chi connectivity index (χ1v) is 8.05. The predicted molar refractivity (Wildman–Crippen MR) is 101 cm³/mol. The van der Waals surface area contributed by atoms with Crippen LogP contribution in [0.4, 0.5) is 8.78 Å². The zero-order valence-electron chi connectivity index (χ0n) is 12.6. The first kappa shape index (κ1) is 18.1. The van der Waals surface area contributed by atoms with Crippen molar-refractivity contribution in [2.45, 2.75) is 24.9 Å². The molecule has 2 unspecified atom stereocenters. The largest absolute Gasteiger partial charge is 0.353 e. The van der Waals surface area contributed by atoms with E-state index in [0.717, 1.165) is 0 Å². The highest BCUT2D eigenvalue weighted by molar-refractivity contribution is 14.0. The Morgan fingerprint density at radius 2 is 2.04 bits per heavy atom. The Kier molecular flexibility index (Phi) is 6.34. The van der Waals surface area contributed by atoms with Crippen molar-refractivity contribution in [2.24, 2.45) is 4.99 Å². The Bertz CT molecular complexity index is 656. The molecule has 1 aliphatic rings. The van der Waals surface area contributed by atoms with Crippen molar-refractivity contribution in [2.75, 3.05) is 7.05 Å². The Labute approximate surface area is 155 Å². The van der Waals surface area contributed by atoms with Gasteiger partial charge in [0.25, 0.3) is 0 Å². The summed E-state index contributed by atoms with van der Waals surface area (Å²) in [6.45, 7) is 0.675. The highest BCUT2D eigenvalue weighted by atomic mass is 127. The van der Waals surface area contributed by atoms with Crippen molar-refractivity contribution in [1.29, 1.82) is 0 Å². The van der Waals surface area contributed by atoms with Crippen LogP contribution in [-0.4, -0.2) is 19.0 Å². The van der Waals surface area contributed by atoms with E-state index in [1.807, 2.05) is 11.4 Å². The molecule has 0 bridgehead atoms. The Morgan fingerprint density at radius 1 is 1.30 bits per heavy atom. The minimum atomic E-state index is -0.476. The molecule has 2 aromatic rings. The number of nitrogens with one attached hydrogen (secondary N) is 2. The lowest BCUT2D eigenvalue weighted by Gasteiger charge is -2.11. The third-order valence-electron chi connectivity index (χ3n) is 3.75. The molecule has 1 saturated carbocycles. The summed E-state index contributed by atoms with van der Waals surface area (Å²) in [7, 11) is 1.68. The third-order valence-corrected chi connectivity index (χ3v) is 4.48. The molecule has 2 atom stereocenters. The predicted octanol–water partition coefficient (Wildman–Crippen LogP) is 3.87. The van der Waals surface area contributed by atoms with Crippen LogP contribution in [0.5, 0.6) is 0 Å².